The first-order valence-electron chi connectivity index (χ1n) is 12.3. The molecule has 0 aromatic carbocycles. The number of fused-ring (bicyclic) bond motifs is 1. The number of carbonyl (C=O) groups is 1. The lowest BCUT2D eigenvalue weighted by atomic mass is 9.98. The molecule has 0 spiro atoms. The highest BCUT2D eigenvalue weighted by Crippen LogP contribution is 2.38. The summed E-state index contributed by atoms with van der Waals surface area (Å²) in [6.07, 6.45) is 9.97. The molecule has 7 heteroatoms. The van der Waals surface area contributed by atoms with Gasteiger partial charge in [-0.25, -0.2) is 4.39 Å². The van der Waals surface area contributed by atoms with Gasteiger partial charge in [0.05, 0.1) is 17.5 Å². The van der Waals surface area contributed by atoms with Gasteiger partial charge in [0, 0.05) is 38.0 Å². The van der Waals surface area contributed by atoms with Gasteiger partial charge < -0.3 is 9.80 Å². The number of thioether (sulfide) groups is 1. The van der Waals surface area contributed by atoms with Crippen molar-refractivity contribution in [3.63, 3.8) is 0 Å². The van der Waals surface area contributed by atoms with Crippen LogP contribution in [-0.2, 0) is 4.79 Å². The first kappa shape index (κ1) is 28.1. The standard InChI is InChI=1S/C27H41FN4OS/c1-7-13-31(19-33)17-22-15-25-23(24(29-6)12-10-11-21(5)28)16-30-27(32(25)18-22)26(20(4)9-3)34-14-8-2/h7-8,10,12,14,19-22,26H,1,9,11,13,15-18H2,2-6H3/b12-10-,14-8-,29-24+. The summed E-state index contributed by atoms with van der Waals surface area (Å²) < 4.78 is 13.4. The Hall–Kier alpha value is -2.15. The van der Waals surface area contributed by atoms with Crippen LogP contribution in [0, 0.1) is 11.8 Å². The Labute approximate surface area is 209 Å². The van der Waals surface area contributed by atoms with E-state index in [0.29, 0.717) is 37.9 Å². The summed E-state index contributed by atoms with van der Waals surface area (Å²) in [4.78, 5) is 25.4. The first-order valence-corrected chi connectivity index (χ1v) is 13.2. The number of aliphatic imine (C=N–C) groups is 2. The fourth-order valence-corrected chi connectivity index (χ4v) is 5.54. The van der Waals surface area contributed by atoms with Crippen LogP contribution in [0.3, 0.4) is 0 Å². The van der Waals surface area contributed by atoms with Crippen molar-refractivity contribution in [3.8, 4) is 0 Å². The van der Waals surface area contributed by atoms with E-state index in [4.69, 9.17) is 4.99 Å². The molecule has 0 saturated carbocycles. The zero-order chi connectivity index (χ0) is 25.1. The molecule has 4 unspecified atom stereocenters. The molecule has 34 heavy (non-hydrogen) atoms. The highest BCUT2D eigenvalue weighted by molar-refractivity contribution is 8.03. The third-order valence-electron chi connectivity index (χ3n) is 6.34. The van der Waals surface area contributed by atoms with Gasteiger partial charge in [-0.2, -0.15) is 0 Å². The van der Waals surface area contributed by atoms with Crippen molar-refractivity contribution < 1.29 is 9.18 Å². The Bertz CT molecular complexity index is 846. The fraction of sp³-hybridized carbons (Fsp3) is 0.593. The maximum atomic E-state index is 13.4. The second kappa shape index (κ2) is 14.3. The maximum absolute atomic E-state index is 13.4. The summed E-state index contributed by atoms with van der Waals surface area (Å²) in [5.41, 5.74) is 3.22. The topological polar surface area (TPSA) is 48.3 Å². The molecule has 1 fully saturated rings. The van der Waals surface area contributed by atoms with E-state index in [1.165, 1.54) is 5.70 Å². The molecule has 0 N–H and O–H groups in total. The number of amidine groups is 1. The van der Waals surface area contributed by atoms with Gasteiger partial charge in [0.25, 0.3) is 0 Å². The molecule has 0 aromatic heterocycles. The number of nitrogens with zero attached hydrogens (tertiary/aromatic N) is 4. The van der Waals surface area contributed by atoms with Crippen LogP contribution in [0.4, 0.5) is 4.39 Å². The van der Waals surface area contributed by atoms with Gasteiger partial charge in [-0.3, -0.25) is 14.8 Å². The zero-order valence-electron chi connectivity index (χ0n) is 21.4. The van der Waals surface area contributed by atoms with E-state index in [-0.39, 0.29) is 5.25 Å². The zero-order valence-corrected chi connectivity index (χ0v) is 22.2. The van der Waals surface area contributed by atoms with Crippen LogP contribution in [0.2, 0.25) is 0 Å². The van der Waals surface area contributed by atoms with Crippen LogP contribution in [0.15, 0.2) is 57.5 Å². The Morgan fingerprint density at radius 3 is 2.79 bits per heavy atom. The SMILES string of the molecule is C=CCN(C=O)CC1CC2=C(C(/C=C\CC(C)F)=N/C)CN=C(C(S/C=C\C)C(C)CC)N2C1. The molecule has 0 aliphatic carbocycles. The number of halogens is 1. The van der Waals surface area contributed by atoms with Crippen molar-refractivity contribution in [2.24, 2.45) is 21.8 Å². The summed E-state index contributed by atoms with van der Waals surface area (Å²) in [7, 11) is 1.78. The van der Waals surface area contributed by atoms with Crippen LogP contribution in [-0.4, -0.2) is 72.4 Å². The lowest BCUT2D eigenvalue weighted by Crippen LogP contribution is -2.42. The molecule has 188 valence electrons. The lowest BCUT2D eigenvalue weighted by molar-refractivity contribution is -0.118. The maximum Gasteiger partial charge on any atom is 0.209 e. The molecule has 1 saturated heterocycles. The average Bonchev–Trinajstić information content (AvgIpc) is 3.25. The van der Waals surface area contributed by atoms with Crippen LogP contribution in [0.1, 0.15) is 47.0 Å². The van der Waals surface area contributed by atoms with Gasteiger partial charge in [0.15, 0.2) is 0 Å². The molecule has 2 aliphatic rings. The summed E-state index contributed by atoms with van der Waals surface area (Å²) in [5, 5.41) is 2.42. The first-order chi connectivity index (χ1) is 16.4. The fourth-order valence-electron chi connectivity index (χ4n) is 4.43. The molecular weight excluding hydrogens is 447 g/mol. The summed E-state index contributed by atoms with van der Waals surface area (Å²) in [5.74, 6) is 1.90. The molecule has 2 aliphatic heterocycles. The number of carbonyl (C=O) groups excluding carboxylic acids is 1. The molecule has 2 heterocycles. The quantitative estimate of drug-likeness (QED) is 0.180. The summed E-state index contributed by atoms with van der Waals surface area (Å²) in [6, 6.07) is 0. The molecule has 0 radical (unpaired) electrons. The molecular formula is C27H41FN4OS. The van der Waals surface area contributed by atoms with Gasteiger partial charge in [-0.05, 0) is 50.0 Å². The smallest absolute Gasteiger partial charge is 0.209 e. The van der Waals surface area contributed by atoms with Crippen molar-refractivity contribution in [2.45, 2.75) is 58.4 Å². The highest BCUT2D eigenvalue weighted by atomic mass is 32.2. The number of alkyl halides is 1. The van der Waals surface area contributed by atoms with E-state index < -0.39 is 6.17 Å². The number of hydrogen-bond acceptors (Lipinski definition) is 5. The minimum absolute atomic E-state index is 0.261. The highest BCUT2D eigenvalue weighted by Gasteiger charge is 2.39. The van der Waals surface area contributed by atoms with E-state index in [1.54, 1.807) is 24.9 Å². The van der Waals surface area contributed by atoms with E-state index in [1.807, 2.05) is 30.8 Å². The van der Waals surface area contributed by atoms with Gasteiger partial charge >= 0.3 is 0 Å². The summed E-state index contributed by atoms with van der Waals surface area (Å²) in [6.45, 7) is 14.5. The monoisotopic (exact) mass is 488 g/mol. The number of allylic oxidation sites excluding steroid dienone is 4. The van der Waals surface area contributed by atoms with E-state index in [2.05, 4.69) is 41.8 Å². The number of hydrogen-bond donors (Lipinski definition) is 0. The Balaban J connectivity index is 2.43. The van der Waals surface area contributed by atoms with Gasteiger partial charge in [0.2, 0.25) is 6.41 Å². The molecule has 0 bridgehead atoms. The van der Waals surface area contributed by atoms with Crippen molar-refractivity contribution in [3.05, 3.63) is 47.6 Å². The van der Waals surface area contributed by atoms with E-state index in [9.17, 15) is 9.18 Å². The molecule has 2 rings (SSSR count). The third-order valence-corrected chi connectivity index (χ3v) is 7.74. The largest absolute Gasteiger partial charge is 0.341 e. The van der Waals surface area contributed by atoms with Crippen LogP contribution < -0.4 is 0 Å². The van der Waals surface area contributed by atoms with Gasteiger partial charge in [-0.1, -0.05) is 38.5 Å². The number of amides is 1. The predicted molar refractivity (Wildman–Crippen MR) is 145 cm³/mol. The van der Waals surface area contributed by atoms with Crippen molar-refractivity contribution >= 4 is 29.7 Å². The molecule has 0 aromatic rings. The summed E-state index contributed by atoms with van der Waals surface area (Å²) >= 11 is 1.83. The Morgan fingerprint density at radius 1 is 1.44 bits per heavy atom. The molecule has 5 nitrogen and oxygen atoms in total. The van der Waals surface area contributed by atoms with Crippen molar-refractivity contribution in [2.75, 3.05) is 33.2 Å². The van der Waals surface area contributed by atoms with Crippen molar-refractivity contribution in [1.82, 2.24) is 9.80 Å². The second-order valence-corrected chi connectivity index (χ2v) is 10.1. The minimum Gasteiger partial charge on any atom is -0.341 e. The average molecular weight is 489 g/mol. The Kier molecular flexibility index (Phi) is 11.8. The van der Waals surface area contributed by atoms with Gasteiger partial charge in [0.1, 0.15) is 12.0 Å². The predicted octanol–water partition coefficient (Wildman–Crippen LogP) is 5.68. The van der Waals surface area contributed by atoms with Crippen LogP contribution >= 0.6 is 11.8 Å². The van der Waals surface area contributed by atoms with Crippen LogP contribution in [0.5, 0.6) is 0 Å². The Morgan fingerprint density at radius 2 is 2.21 bits per heavy atom. The van der Waals surface area contributed by atoms with E-state index >= 15 is 0 Å². The molecule has 4 atom stereocenters. The third kappa shape index (κ3) is 7.42. The lowest BCUT2D eigenvalue weighted by Gasteiger charge is -2.35. The minimum atomic E-state index is -0.880. The second-order valence-electron chi connectivity index (χ2n) is 9.07. The van der Waals surface area contributed by atoms with Gasteiger partial charge in [-0.15, -0.1) is 18.3 Å². The normalized spacial score (nSPS) is 21.6. The number of rotatable bonds is 14. The molecule has 1 amide bonds. The van der Waals surface area contributed by atoms with Crippen molar-refractivity contribution in [1.29, 1.82) is 0 Å². The van der Waals surface area contributed by atoms with E-state index in [0.717, 1.165) is 42.9 Å². The van der Waals surface area contributed by atoms with Crippen LogP contribution in [0.25, 0.3) is 0 Å².